The Kier molecular flexibility index (Phi) is 6.11. The van der Waals surface area contributed by atoms with E-state index in [1.165, 1.54) is 38.2 Å². The van der Waals surface area contributed by atoms with Gasteiger partial charge in [-0.1, -0.05) is 17.7 Å². The van der Waals surface area contributed by atoms with Gasteiger partial charge in [-0.25, -0.2) is 0 Å². The molecule has 0 radical (unpaired) electrons. The second-order valence-corrected chi connectivity index (χ2v) is 6.98. The number of fused-ring (bicyclic) bond motifs is 1. The number of benzene rings is 2. The summed E-state index contributed by atoms with van der Waals surface area (Å²) >= 11 is 6.10. The number of halogens is 1. The maximum atomic E-state index is 12.6. The highest BCUT2D eigenvalue weighted by Gasteiger charge is 2.19. The minimum Gasteiger partial charge on any atom is -0.495 e. The minimum atomic E-state index is -0.669. The van der Waals surface area contributed by atoms with E-state index in [9.17, 15) is 4.79 Å². The Balaban J connectivity index is 1.71. The molecular formula is C21H24ClNO4. The third-order valence-electron chi connectivity index (χ3n) is 4.73. The van der Waals surface area contributed by atoms with E-state index in [0.29, 0.717) is 28.0 Å². The molecule has 1 atom stereocenters. The molecule has 5 nitrogen and oxygen atoms in total. The van der Waals surface area contributed by atoms with Gasteiger partial charge >= 0.3 is 0 Å². The number of anilines is 1. The van der Waals surface area contributed by atoms with E-state index in [4.69, 9.17) is 25.8 Å². The summed E-state index contributed by atoms with van der Waals surface area (Å²) in [7, 11) is 3.03. The monoisotopic (exact) mass is 389 g/mol. The Hall–Kier alpha value is -2.40. The summed E-state index contributed by atoms with van der Waals surface area (Å²) < 4.78 is 16.4. The molecule has 3 rings (SSSR count). The van der Waals surface area contributed by atoms with Crippen molar-refractivity contribution >= 4 is 23.2 Å². The maximum absolute atomic E-state index is 12.6. The van der Waals surface area contributed by atoms with Crippen LogP contribution in [0.1, 0.15) is 30.9 Å². The van der Waals surface area contributed by atoms with Crippen LogP contribution >= 0.6 is 11.6 Å². The number of hydrogen-bond donors (Lipinski definition) is 1. The molecule has 0 saturated heterocycles. The fourth-order valence-electron chi connectivity index (χ4n) is 3.23. The van der Waals surface area contributed by atoms with E-state index >= 15 is 0 Å². The lowest BCUT2D eigenvalue weighted by Gasteiger charge is -2.20. The summed E-state index contributed by atoms with van der Waals surface area (Å²) in [6, 6.07) is 9.31. The third-order valence-corrected chi connectivity index (χ3v) is 5.03. The first kappa shape index (κ1) is 19.4. The van der Waals surface area contributed by atoms with Crippen LogP contribution < -0.4 is 19.5 Å². The van der Waals surface area contributed by atoms with Gasteiger partial charge < -0.3 is 19.5 Å². The van der Waals surface area contributed by atoms with E-state index < -0.39 is 6.10 Å². The number of aryl methyl sites for hydroxylation is 2. The summed E-state index contributed by atoms with van der Waals surface area (Å²) in [6.07, 6.45) is 3.94. The molecule has 0 aliphatic heterocycles. The highest BCUT2D eigenvalue weighted by molar-refractivity contribution is 6.32. The maximum Gasteiger partial charge on any atom is 0.265 e. The van der Waals surface area contributed by atoms with Crippen LogP contribution in [0, 0.1) is 0 Å². The van der Waals surface area contributed by atoms with Gasteiger partial charge in [0.2, 0.25) is 0 Å². The molecule has 0 spiro atoms. The number of ether oxygens (including phenoxy) is 3. The summed E-state index contributed by atoms with van der Waals surface area (Å²) in [4.78, 5) is 12.6. The van der Waals surface area contributed by atoms with Crippen molar-refractivity contribution in [2.45, 2.75) is 38.7 Å². The number of carbonyl (C=O) groups is 1. The Bertz CT molecular complexity index is 837. The van der Waals surface area contributed by atoms with Gasteiger partial charge in [0.1, 0.15) is 17.2 Å². The molecule has 1 aliphatic rings. The van der Waals surface area contributed by atoms with Crippen molar-refractivity contribution in [3.63, 3.8) is 0 Å². The van der Waals surface area contributed by atoms with Crippen LogP contribution in [-0.2, 0) is 17.6 Å². The van der Waals surface area contributed by atoms with Gasteiger partial charge in [0.25, 0.3) is 5.91 Å². The SMILES string of the molecule is COc1cc(NC(=O)C(C)Oc2ccc3c(c2)CCCC3)c(OC)cc1Cl. The standard InChI is InChI=1S/C21H24ClNO4/c1-13(27-16-9-8-14-6-4-5-7-15(14)10-16)21(24)23-18-12-19(25-2)17(22)11-20(18)26-3/h8-13H,4-7H2,1-3H3,(H,23,24). The molecule has 1 unspecified atom stereocenters. The van der Waals surface area contributed by atoms with Crippen molar-refractivity contribution in [3.05, 3.63) is 46.5 Å². The largest absolute Gasteiger partial charge is 0.495 e. The number of nitrogens with one attached hydrogen (secondary N) is 1. The lowest BCUT2D eigenvalue weighted by atomic mass is 9.92. The predicted octanol–water partition coefficient (Wildman–Crippen LogP) is 4.64. The zero-order chi connectivity index (χ0) is 19.4. The molecular weight excluding hydrogens is 366 g/mol. The fraction of sp³-hybridized carbons (Fsp3) is 0.381. The molecule has 2 aromatic rings. The number of amides is 1. The van der Waals surface area contributed by atoms with Gasteiger partial charge in [-0.2, -0.15) is 0 Å². The van der Waals surface area contributed by atoms with Crippen molar-refractivity contribution < 1.29 is 19.0 Å². The average Bonchev–Trinajstić information content (AvgIpc) is 2.68. The summed E-state index contributed by atoms with van der Waals surface area (Å²) in [6.45, 7) is 1.72. The first-order valence-corrected chi connectivity index (χ1v) is 9.40. The van der Waals surface area contributed by atoms with Crippen LogP contribution in [0.2, 0.25) is 5.02 Å². The van der Waals surface area contributed by atoms with E-state index in [0.717, 1.165) is 12.8 Å². The van der Waals surface area contributed by atoms with Crippen molar-refractivity contribution in [2.24, 2.45) is 0 Å². The van der Waals surface area contributed by atoms with Crippen LogP contribution in [-0.4, -0.2) is 26.2 Å². The minimum absolute atomic E-state index is 0.282. The zero-order valence-corrected chi connectivity index (χ0v) is 16.6. The quantitative estimate of drug-likeness (QED) is 0.781. The number of methoxy groups -OCH3 is 2. The topological polar surface area (TPSA) is 56.8 Å². The Morgan fingerprint density at radius 1 is 1.04 bits per heavy atom. The Labute approximate surface area is 164 Å². The van der Waals surface area contributed by atoms with Crippen molar-refractivity contribution in [2.75, 3.05) is 19.5 Å². The average molecular weight is 390 g/mol. The highest BCUT2D eigenvalue weighted by Crippen LogP contribution is 2.36. The van der Waals surface area contributed by atoms with Crippen molar-refractivity contribution in [3.8, 4) is 17.2 Å². The van der Waals surface area contributed by atoms with Gasteiger partial charge in [-0.3, -0.25) is 4.79 Å². The lowest BCUT2D eigenvalue weighted by molar-refractivity contribution is -0.122. The summed E-state index contributed by atoms with van der Waals surface area (Å²) in [5.74, 6) is 1.33. The predicted molar refractivity (Wildman–Crippen MR) is 106 cm³/mol. The zero-order valence-electron chi connectivity index (χ0n) is 15.8. The molecule has 6 heteroatoms. The van der Waals surface area contributed by atoms with Crippen LogP contribution in [0.15, 0.2) is 30.3 Å². The summed E-state index contributed by atoms with van der Waals surface area (Å²) in [5.41, 5.74) is 3.17. The smallest absolute Gasteiger partial charge is 0.265 e. The lowest BCUT2D eigenvalue weighted by Crippen LogP contribution is -2.30. The normalized spacial score (nSPS) is 14.1. The van der Waals surface area contributed by atoms with Crippen LogP contribution in [0.25, 0.3) is 0 Å². The number of hydrogen-bond acceptors (Lipinski definition) is 4. The molecule has 0 fully saturated rings. The molecule has 0 aromatic heterocycles. The molecule has 27 heavy (non-hydrogen) atoms. The van der Waals surface area contributed by atoms with Crippen LogP contribution in [0.5, 0.6) is 17.2 Å². The molecule has 1 amide bonds. The number of rotatable bonds is 6. The molecule has 0 bridgehead atoms. The molecule has 144 valence electrons. The number of carbonyl (C=O) groups excluding carboxylic acids is 1. The van der Waals surface area contributed by atoms with Gasteiger partial charge in [-0.15, -0.1) is 0 Å². The molecule has 0 saturated carbocycles. The van der Waals surface area contributed by atoms with Gasteiger partial charge in [0.15, 0.2) is 6.10 Å². The van der Waals surface area contributed by atoms with Crippen molar-refractivity contribution in [1.82, 2.24) is 0 Å². The molecule has 2 aromatic carbocycles. The fourth-order valence-corrected chi connectivity index (χ4v) is 3.46. The Morgan fingerprint density at radius 3 is 2.44 bits per heavy atom. The highest BCUT2D eigenvalue weighted by atomic mass is 35.5. The van der Waals surface area contributed by atoms with Crippen LogP contribution in [0.3, 0.4) is 0 Å². The second-order valence-electron chi connectivity index (χ2n) is 6.57. The van der Waals surface area contributed by atoms with E-state index in [2.05, 4.69) is 11.4 Å². The Morgan fingerprint density at radius 2 is 1.74 bits per heavy atom. The molecule has 0 heterocycles. The van der Waals surface area contributed by atoms with Gasteiger partial charge in [0, 0.05) is 12.1 Å². The van der Waals surface area contributed by atoms with Gasteiger partial charge in [-0.05, 0) is 55.9 Å². The van der Waals surface area contributed by atoms with E-state index in [-0.39, 0.29) is 5.91 Å². The van der Waals surface area contributed by atoms with Crippen LogP contribution in [0.4, 0.5) is 5.69 Å². The van der Waals surface area contributed by atoms with E-state index in [1.54, 1.807) is 19.1 Å². The first-order valence-electron chi connectivity index (χ1n) is 9.02. The van der Waals surface area contributed by atoms with Crippen molar-refractivity contribution in [1.29, 1.82) is 0 Å². The van der Waals surface area contributed by atoms with Gasteiger partial charge in [0.05, 0.1) is 24.9 Å². The van der Waals surface area contributed by atoms with E-state index in [1.807, 2.05) is 12.1 Å². The molecule has 1 N–H and O–H groups in total. The molecule has 1 aliphatic carbocycles. The third kappa shape index (κ3) is 4.48. The first-order chi connectivity index (χ1) is 13.0. The second kappa shape index (κ2) is 8.53. The summed E-state index contributed by atoms with van der Waals surface area (Å²) in [5, 5.41) is 3.23.